The second-order valence-corrected chi connectivity index (χ2v) is 7.80. The molecular formula is C23H26N2O5. The van der Waals surface area contributed by atoms with Crippen LogP contribution >= 0.6 is 0 Å². The van der Waals surface area contributed by atoms with E-state index < -0.39 is 30.1 Å². The summed E-state index contributed by atoms with van der Waals surface area (Å²) in [5.74, 6) is -2.54. The van der Waals surface area contributed by atoms with Crippen LogP contribution in [0.3, 0.4) is 0 Å². The fraction of sp³-hybridized carbons (Fsp3) is 0.348. The Labute approximate surface area is 175 Å². The first-order chi connectivity index (χ1) is 14.2. The summed E-state index contributed by atoms with van der Waals surface area (Å²) in [4.78, 5) is 37.6. The van der Waals surface area contributed by atoms with Crippen LogP contribution in [-0.4, -0.2) is 46.7 Å². The van der Waals surface area contributed by atoms with Crippen molar-refractivity contribution in [3.63, 3.8) is 0 Å². The highest BCUT2D eigenvalue weighted by atomic mass is 16.6. The van der Waals surface area contributed by atoms with Gasteiger partial charge in [-0.3, -0.25) is 4.79 Å². The van der Waals surface area contributed by atoms with Gasteiger partial charge in [0.25, 0.3) is 0 Å². The van der Waals surface area contributed by atoms with Crippen LogP contribution in [-0.2, 0) is 14.3 Å². The number of fused-ring (bicyclic) bond motifs is 3. The fourth-order valence-corrected chi connectivity index (χ4v) is 3.66. The van der Waals surface area contributed by atoms with Gasteiger partial charge in [-0.15, -0.1) is 0 Å². The van der Waals surface area contributed by atoms with Gasteiger partial charge in [0.2, 0.25) is 5.91 Å². The molecule has 3 rings (SSSR count). The maximum Gasteiger partial charge on any atom is 0.417 e. The third-order valence-corrected chi connectivity index (χ3v) is 5.52. The van der Waals surface area contributed by atoms with Crippen molar-refractivity contribution in [2.75, 3.05) is 6.61 Å². The highest BCUT2D eigenvalue weighted by Gasteiger charge is 2.37. The van der Waals surface area contributed by atoms with Crippen LogP contribution in [0.4, 0.5) is 4.79 Å². The molecule has 3 N–H and O–H groups in total. The van der Waals surface area contributed by atoms with Crippen LogP contribution in [0.5, 0.6) is 0 Å². The second kappa shape index (κ2) is 8.67. The van der Waals surface area contributed by atoms with Crippen molar-refractivity contribution in [1.82, 2.24) is 4.90 Å². The monoisotopic (exact) mass is 410 g/mol. The van der Waals surface area contributed by atoms with Gasteiger partial charge in [0.1, 0.15) is 12.6 Å². The van der Waals surface area contributed by atoms with E-state index in [1.54, 1.807) is 13.8 Å². The van der Waals surface area contributed by atoms with E-state index in [0.717, 1.165) is 22.3 Å². The summed E-state index contributed by atoms with van der Waals surface area (Å²) in [6, 6.07) is 13.3. The second-order valence-electron chi connectivity index (χ2n) is 7.80. The number of nitrogens with zero attached hydrogens (tertiary/aromatic N) is 1. The lowest BCUT2D eigenvalue weighted by Crippen LogP contribution is -2.54. The van der Waals surface area contributed by atoms with Crippen LogP contribution in [0.1, 0.15) is 37.8 Å². The minimum atomic E-state index is -1.39. The molecule has 0 aliphatic heterocycles. The van der Waals surface area contributed by atoms with Crippen LogP contribution in [0.2, 0.25) is 0 Å². The summed E-state index contributed by atoms with van der Waals surface area (Å²) < 4.78 is 5.47. The van der Waals surface area contributed by atoms with Gasteiger partial charge in [0.05, 0.1) is 6.04 Å². The Morgan fingerprint density at radius 3 is 1.97 bits per heavy atom. The Morgan fingerprint density at radius 2 is 1.50 bits per heavy atom. The van der Waals surface area contributed by atoms with Gasteiger partial charge < -0.3 is 15.6 Å². The van der Waals surface area contributed by atoms with Gasteiger partial charge in [-0.25, -0.2) is 14.5 Å². The fourth-order valence-electron chi connectivity index (χ4n) is 3.66. The Kier molecular flexibility index (Phi) is 6.22. The number of carboxylic acids is 1. The molecule has 0 bridgehead atoms. The van der Waals surface area contributed by atoms with E-state index in [1.165, 1.54) is 6.92 Å². The van der Waals surface area contributed by atoms with Crippen molar-refractivity contribution < 1.29 is 24.2 Å². The molecule has 2 atom stereocenters. The molecule has 2 amide bonds. The molecule has 1 aliphatic carbocycles. The lowest BCUT2D eigenvalue weighted by molar-refractivity contribution is -0.148. The van der Waals surface area contributed by atoms with Crippen LogP contribution in [0, 0.1) is 5.92 Å². The Bertz CT molecular complexity index is 926. The average molecular weight is 410 g/mol. The predicted molar refractivity (Wildman–Crippen MR) is 112 cm³/mol. The van der Waals surface area contributed by atoms with E-state index in [4.69, 9.17) is 10.5 Å². The first kappa shape index (κ1) is 21.5. The molecule has 2 unspecified atom stereocenters. The number of hydrogen-bond acceptors (Lipinski definition) is 5. The molecule has 0 aromatic heterocycles. The maximum absolute atomic E-state index is 12.8. The zero-order chi connectivity index (χ0) is 22.0. The van der Waals surface area contributed by atoms with Gasteiger partial charge in [-0.1, -0.05) is 62.4 Å². The molecular weight excluding hydrogens is 384 g/mol. The number of rotatable bonds is 6. The van der Waals surface area contributed by atoms with Crippen molar-refractivity contribution in [3.8, 4) is 11.1 Å². The van der Waals surface area contributed by atoms with Crippen molar-refractivity contribution >= 4 is 18.0 Å². The minimum Gasteiger partial charge on any atom is -0.480 e. The number of carboxylic acid groups (broad SMARTS) is 1. The van der Waals surface area contributed by atoms with E-state index in [1.807, 2.05) is 48.5 Å². The maximum atomic E-state index is 12.8. The number of nitrogens with two attached hydrogens (primary N) is 1. The first-order valence-electron chi connectivity index (χ1n) is 9.90. The van der Waals surface area contributed by atoms with Crippen LogP contribution in [0.15, 0.2) is 48.5 Å². The number of benzene rings is 2. The lowest BCUT2D eigenvalue weighted by atomic mass is 9.98. The van der Waals surface area contributed by atoms with Gasteiger partial charge in [0.15, 0.2) is 0 Å². The molecule has 2 aromatic carbocycles. The molecule has 30 heavy (non-hydrogen) atoms. The van der Waals surface area contributed by atoms with E-state index in [9.17, 15) is 19.5 Å². The van der Waals surface area contributed by atoms with E-state index >= 15 is 0 Å². The number of carbonyl (C=O) groups excluding carboxylic acids is 2. The lowest BCUT2D eigenvalue weighted by Gasteiger charge is -2.28. The van der Waals surface area contributed by atoms with E-state index in [2.05, 4.69) is 0 Å². The van der Waals surface area contributed by atoms with Crippen molar-refractivity contribution in [2.45, 2.75) is 38.8 Å². The number of hydrogen-bond donors (Lipinski definition) is 2. The third-order valence-electron chi connectivity index (χ3n) is 5.52. The summed E-state index contributed by atoms with van der Waals surface area (Å²) in [7, 11) is 0. The number of carbonyl (C=O) groups is 3. The molecule has 0 saturated heterocycles. The quantitative estimate of drug-likeness (QED) is 0.757. The standard InChI is InChI=1S/C23H26N2O5/c1-13(2)20(24)21(26)25(14(3)22(27)28)23(29)30-12-19-17-10-6-4-8-15(17)16-9-5-7-11-18(16)19/h4-11,13-14,19-20H,12,24H2,1-3H3,(H,27,28). The van der Waals surface area contributed by atoms with E-state index in [0.29, 0.717) is 4.90 Å². The summed E-state index contributed by atoms with van der Waals surface area (Å²) in [5.41, 5.74) is 10.1. The first-order valence-corrected chi connectivity index (χ1v) is 9.90. The molecule has 0 heterocycles. The summed E-state index contributed by atoms with van der Waals surface area (Å²) in [5, 5.41) is 9.37. The van der Waals surface area contributed by atoms with Crippen molar-refractivity contribution in [1.29, 1.82) is 0 Å². The number of ether oxygens (including phenoxy) is 1. The molecule has 7 heteroatoms. The molecule has 0 fully saturated rings. The molecule has 0 saturated carbocycles. The van der Waals surface area contributed by atoms with Crippen molar-refractivity contribution in [2.24, 2.45) is 11.7 Å². The molecule has 0 radical (unpaired) electrons. The topological polar surface area (TPSA) is 110 Å². The molecule has 158 valence electrons. The number of imide groups is 1. The molecule has 0 spiro atoms. The van der Waals surface area contributed by atoms with Gasteiger partial charge in [-0.05, 0) is 35.1 Å². The number of amides is 2. The Balaban J connectivity index is 1.83. The molecule has 1 aliphatic rings. The third kappa shape index (κ3) is 3.93. The van der Waals surface area contributed by atoms with Gasteiger partial charge in [-0.2, -0.15) is 0 Å². The van der Waals surface area contributed by atoms with Crippen LogP contribution < -0.4 is 5.73 Å². The zero-order valence-electron chi connectivity index (χ0n) is 17.2. The van der Waals surface area contributed by atoms with Crippen molar-refractivity contribution in [3.05, 3.63) is 59.7 Å². The number of aliphatic carboxylic acids is 1. The smallest absolute Gasteiger partial charge is 0.417 e. The normalized spacial score (nSPS) is 14.6. The highest BCUT2D eigenvalue weighted by molar-refractivity contribution is 5.98. The highest BCUT2D eigenvalue weighted by Crippen LogP contribution is 2.44. The largest absolute Gasteiger partial charge is 0.480 e. The van der Waals surface area contributed by atoms with E-state index in [-0.39, 0.29) is 18.4 Å². The van der Waals surface area contributed by atoms with Gasteiger partial charge in [0, 0.05) is 5.92 Å². The predicted octanol–water partition coefficient (Wildman–Crippen LogP) is 3.22. The summed E-state index contributed by atoms with van der Waals surface area (Å²) in [6.45, 7) is 4.70. The average Bonchev–Trinajstić information content (AvgIpc) is 3.05. The minimum absolute atomic E-state index is 0.0140. The zero-order valence-corrected chi connectivity index (χ0v) is 17.2. The SMILES string of the molecule is CC(C)C(N)C(=O)N(C(=O)OCC1c2ccccc2-c2ccccc21)C(C)C(=O)O. The van der Waals surface area contributed by atoms with Crippen LogP contribution in [0.25, 0.3) is 11.1 Å². The summed E-state index contributed by atoms with van der Waals surface area (Å²) >= 11 is 0. The Morgan fingerprint density at radius 1 is 1.00 bits per heavy atom. The van der Waals surface area contributed by atoms with Gasteiger partial charge >= 0.3 is 12.1 Å². The molecule has 2 aromatic rings. The Hall–Kier alpha value is -3.19. The molecule has 7 nitrogen and oxygen atoms in total. The summed E-state index contributed by atoms with van der Waals surface area (Å²) in [6.07, 6.45) is -1.01.